The van der Waals surface area contributed by atoms with Gasteiger partial charge in [0.1, 0.15) is 0 Å². The lowest BCUT2D eigenvalue weighted by molar-refractivity contribution is 0.122. The molecule has 1 aliphatic rings. The first-order chi connectivity index (χ1) is 7.81. The highest BCUT2D eigenvalue weighted by Crippen LogP contribution is 2.23. The second-order valence-corrected chi connectivity index (χ2v) is 4.27. The van der Waals surface area contributed by atoms with Crippen LogP contribution in [0.5, 0.6) is 0 Å². The molecule has 0 amide bonds. The molecular weight excluding hydrogens is 200 g/mol. The fourth-order valence-corrected chi connectivity index (χ4v) is 2.14. The molecule has 0 unspecified atom stereocenters. The average molecular weight is 220 g/mol. The molecule has 1 saturated heterocycles. The van der Waals surface area contributed by atoms with Crippen molar-refractivity contribution in [3.63, 3.8) is 0 Å². The maximum Gasteiger partial charge on any atom is 0.0642 e. The Labute approximate surface area is 97.2 Å². The van der Waals surface area contributed by atoms with E-state index in [0.717, 1.165) is 32.7 Å². The third-order valence-corrected chi connectivity index (χ3v) is 3.01. The van der Waals surface area contributed by atoms with Gasteiger partial charge in [-0.05, 0) is 37.1 Å². The van der Waals surface area contributed by atoms with Crippen molar-refractivity contribution in [2.75, 3.05) is 37.7 Å². The normalized spacial score (nSPS) is 16.5. The van der Waals surface area contributed by atoms with Gasteiger partial charge in [0.15, 0.2) is 0 Å². The molecule has 0 radical (unpaired) electrons. The molecule has 1 heterocycles. The van der Waals surface area contributed by atoms with Crippen molar-refractivity contribution < 1.29 is 4.74 Å². The standard InChI is InChI=1S/C13H20N2O/c1-11-2-3-12(4-5-14)13(10-11)15-6-8-16-9-7-15/h2-3,10H,4-9,14H2,1H3. The van der Waals surface area contributed by atoms with Crippen LogP contribution in [0.25, 0.3) is 0 Å². The predicted molar refractivity (Wildman–Crippen MR) is 67.0 cm³/mol. The topological polar surface area (TPSA) is 38.5 Å². The highest BCUT2D eigenvalue weighted by Gasteiger charge is 2.14. The molecule has 1 fully saturated rings. The molecule has 0 aromatic heterocycles. The van der Waals surface area contributed by atoms with Gasteiger partial charge in [0.05, 0.1) is 13.2 Å². The Morgan fingerprint density at radius 2 is 2.06 bits per heavy atom. The molecule has 88 valence electrons. The summed E-state index contributed by atoms with van der Waals surface area (Å²) in [5.74, 6) is 0. The number of nitrogens with zero attached hydrogens (tertiary/aromatic N) is 1. The first-order valence-corrected chi connectivity index (χ1v) is 5.93. The molecule has 0 bridgehead atoms. The molecule has 0 spiro atoms. The van der Waals surface area contributed by atoms with Gasteiger partial charge in [-0.1, -0.05) is 12.1 Å². The Balaban J connectivity index is 2.24. The lowest BCUT2D eigenvalue weighted by atomic mass is 10.1. The number of nitrogens with two attached hydrogens (primary N) is 1. The minimum Gasteiger partial charge on any atom is -0.378 e. The van der Waals surface area contributed by atoms with E-state index in [2.05, 4.69) is 30.0 Å². The third kappa shape index (κ3) is 2.54. The largest absolute Gasteiger partial charge is 0.378 e. The highest BCUT2D eigenvalue weighted by atomic mass is 16.5. The van der Waals surface area contributed by atoms with Crippen molar-refractivity contribution in [3.8, 4) is 0 Å². The average Bonchev–Trinajstić information content (AvgIpc) is 2.33. The van der Waals surface area contributed by atoms with Gasteiger partial charge in [-0.3, -0.25) is 0 Å². The van der Waals surface area contributed by atoms with Gasteiger partial charge in [-0.2, -0.15) is 0 Å². The Bertz CT molecular complexity index is 346. The van der Waals surface area contributed by atoms with Crippen molar-refractivity contribution in [1.82, 2.24) is 0 Å². The van der Waals surface area contributed by atoms with Gasteiger partial charge in [-0.15, -0.1) is 0 Å². The van der Waals surface area contributed by atoms with Crippen LogP contribution < -0.4 is 10.6 Å². The van der Waals surface area contributed by atoms with E-state index in [1.807, 2.05) is 0 Å². The summed E-state index contributed by atoms with van der Waals surface area (Å²) in [6, 6.07) is 6.62. The van der Waals surface area contributed by atoms with Crippen LogP contribution in [0.3, 0.4) is 0 Å². The van der Waals surface area contributed by atoms with Gasteiger partial charge >= 0.3 is 0 Å². The number of ether oxygens (including phenoxy) is 1. The zero-order valence-electron chi connectivity index (χ0n) is 9.91. The van der Waals surface area contributed by atoms with Crippen LogP contribution in [-0.2, 0) is 11.2 Å². The Kier molecular flexibility index (Phi) is 3.80. The summed E-state index contributed by atoms with van der Waals surface area (Å²) < 4.78 is 5.38. The maximum atomic E-state index is 5.65. The van der Waals surface area contributed by atoms with Crippen LogP contribution in [0.15, 0.2) is 18.2 Å². The number of aryl methyl sites for hydroxylation is 1. The minimum atomic E-state index is 0.709. The SMILES string of the molecule is Cc1ccc(CCN)c(N2CCOCC2)c1. The Morgan fingerprint density at radius 3 is 2.75 bits per heavy atom. The molecule has 0 aliphatic carbocycles. The van der Waals surface area contributed by atoms with Gasteiger partial charge in [0.2, 0.25) is 0 Å². The number of hydrogen-bond acceptors (Lipinski definition) is 3. The number of anilines is 1. The Morgan fingerprint density at radius 1 is 1.31 bits per heavy atom. The van der Waals surface area contributed by atoms with Crippen LogP contribution in [0.2, 0.25) is 0 Å². The van der Waals surface area contributed by atoms with Crippen molar-refractivity contribution in [1.29, 1.82) is 0 Å². The van der Waals surface area contributed by atoms with Gasteiger partial charge in [-0.25, -0.2) is 0 Å². The fraction of sp³-hybridized carbons (Fsp3) is 0.538. The summed E-state index contributed by atoms with van der Waals surface area (Å²) in [4.78, 5) is 2.40. The molecule has 3 nitrogen and oxygen atoms in total. The van der Waals surface area contributed by atoms with E-state index >= 15 is 0 Å². The highest BCUT2D eigenvalue weighted by molar-refractivity contribution is 5.56. The summed E-state index contributed by atoms with van der Waals surface area (Å²) in [7, 11) is 0. The van der Waals surface area contributed by atoms with Crippen LogP contribution in [-0.4, -0.2) is 32.8 Å². The van der Waals surface area contributed by atoms with Crippen molar-refractivity contribution in [2.24, 2.45) is 5.73 Å². The maximum absolute atomic E-state index is 5.65. The van der Waals surface area contributed by atoms with Crippen molar-refractivity contribution >= 4 is 5.69 Å². The van der Waals surface area contributed by atoms with E-state index in [1.165, 1.54) is 16.8 Å². The van der Waals surface area contributed by atoms with Crippen LogP contribution in [0.1, 0.15) is 11.1 Å². The number of rotatable bonds is 3. The fourth-order valence-electron chi connectivity index (χ4n) is 2.14. The first-order valence-electron chi connectivity index (χ1n) is 5.93. The summed E-state index contributed by atoms with van der Waals surface area (Å²) in [6.07, 6.45) is 0.951. The van der Waals surface area contributed by atoms with E-state index in [1.54, 1.807) is 0 Å². The minimum absolute atomic E-state index is 0.709. The molecule has 3 heteroatoms. The van der Waals surface area contributed by atoms with E-state index in [4.69, 9.17) is 10.5 Å². The number of hydrogen-bond donors (Lipinski definition) is 1. The number of benzene rings is 1. The zero-order chi connectivity index (χ0) is 11.4. The smallest absolute Gasteiger partial charge is 0.0642 e. The molecule has 2 N–H and O–H groups in total. The molecule has 1 aliphatic heterocycles. The van der Waals surface area contributed by atoms with Crippen LogP contribution in [0, 0.1) is 6.92 Å². The second kappa shape index (κ2) is 5.32. The third-order valence-electron chi connectivity index (χ3n) is 3.01. The zero-order valence-corrected chi connectivity index (χ0v) is 9.91. The first kappa shape index (κ1) is 11.4. The molecule has 2 rings (SSSR count). The molecule has 0 saturated carbocycles. The summed E-state index contributed by atoms with van der Waals surface area (Å²) in [6.45, 7) is 6.48. The van der Waals surface area contributed by atoms with Gasteiger partial charge in [0.25, 0.3) is 0 Å². The van der Waals surface area contributed by atoms with E-state index < -0.39 is 0 Å². The second-order valence-electron chi connectivity index (χ2n) is 4.27. The van der Waals surface area contributed by atoms with Crippen molar-refractivity contribution in [3.05, 3.63) is 29.3 Å². The summed E-state index contributed by atoms with van der Waals surface area (Å²) in [5, 5.41) is 0. The van der Waals surface area contributed by atoms with Crippen molar-refractivity contribution in [2.45, 2.75) is 13.3 Å². The van der Waals surface area contributed by atoms with Crippen LogP contribution >= 0.6 is 0 Å². The molecule has 16 heavy (non-hydrogen) atoms. The molecule has 1 aromatic rings. The van der Waals surface area contributed by atoms with Crippen LogP contribution in [0.4, 0.5) is 5.69 Å². The molecule has 0 atom stereocenters. The lowest BCUT2D eigenvalue weighted by Crippen LogP contribution is -2.37. The van der Waals surface area contributed by atoms with E-state index in [9.17, 15) is 0 Å². The monoisotopic (exact) mass is 220 g/mol. The van der Waals surface area contributed by atoms with E-state index in [0.29, 0.717) is 6.54 Å². The summed E-state index contributed by atoms with van der Waals surface area (Å²) >= 11 is 0. The predicted octanol–water partition coefficient (Wildman–Crippen LogP) is 1.33. The Hall–Kier alpha value is -1.06. The molecule has 1 aromatic carbocycles. The van der Waals surface area contributed by atoms with Gasteiger partial charge in [0, 0.05) is 18.8 Å². The van der Waals surface area contributed by atoms with E-state index in [-0.39, 0.29) is 0 Å². The summed E-state index contributed by atoms with van der Waals surface area (Å²) in [5.41, 5.74) is 9.66. The van der Waals surface area contributed by atoms with Gasteiger partial charge < -0.3 is 15.4 Å². The quantitative estimate of drug-likeness (QED) is 0.835. The number of morpholine rings is 1. The lowest BCUT2D eigenvalue weighted by Gasteiger charge is -2.31. The molecular formula is C13H20N2O.